The molecule has 0 aromatic heterocycles. The quantitative estimate of drug-likeness (QED) is 0.0907. The van der Waals surface area contributed by atoms with Crippen LogP contribution < -0.4 is 0 Å². The predicted octanol–water partition coefficient (Wildman–Crippen LogP) is -2.62. The van der Waals surface area contributed by atoms with Gasteiger partial charge in [-0.1, -0.05) is 5.11 Å². The molecule has 0 saturated carbocycles. The highest BCUT2D eigenvalue weighted by molar-refractivity contribution is 7.46. The zero-order valence-corrected chi connectivity index (χ0v) is 10.1. The number of aliphatic hydroxyl groups excluding tert-OH is 4. The van der Waals surface area contributed by atoms with Gasteiger partial charge < -0.3 is 30.2 Å². The molecular formula is C6H12N3O9P. The SMILES string of the molecule is [N-]=[N+]=N[C@H](C(=O)C(O)OP(=O)(O)O)[C@H](O)[C@H](O)CO. The van der Waals surface area contributed by atoms with E-state index in [9.17, 15) is 14.5 Å². The van der Waals surface area contributed by atoms with Gasteiger partial charge in [0.25, 0.3) is 0 Å². The van der Waals surface area contributed by atoms with Crippen LogP contribution in [0.3, 0.4) is 0 Å². The summed E-state index contributed by atoms with van der Waals surface area (Å²) < 4.78 is 14.0. The molecule has 110 valence electrons. The highest BCUT2D eigenvalue weighted by Crippen LogP contribution is 2.37. The number of Topliss-reactive ketones (excluding diaryl/α,β-unsaturated/α-hetero) is 1. The normalized spacial score (nSPS) is 18.0. The van der Waals surface area contributed by atoms with Gasteiger partial charge in [0.2, 0.25) is 12.1 Å². The van der Waals surface area contributed by atoms with Crippen molar-refractivity contribution in [1.82, 2.24) is 0 Å². The third-order valence-electron chi connectivity index (χ3n) is 1.85. The zero-order valence-electron chi connectivity index (χ0n) is 9.21. The number of phosphoric acid groups is 1. The van der Waals surface area contributed by atoms with Crippen LogP contribution in [0.15, 0.2) is 5.11 Å². The summed E-state index contributed by atoms with van der Waals surface area (Å²) in [5.74, 6) is -1.60. The Bertz CT molecular complexity index is 405. The molecule has 0 saturated heterocycles. The Balaban J connectivity index is 5.04. The van der Waals surface area contributed by atoms with Crippen LogP contribution in [0.1, 0.15) is 0 Å². The van der Waals surface area contributed by atoms with Gasteiger partial charge in [0.15, 0.2) is 0 Å². The van der Waals surface area contributed by atoms with Crippen LogP contribution in [-0.4, -0.2) is 67.1 Å². The van der Waals surface area contributed by atoms with Gasteiger partial charge >= 0.3 is 7.82 Å². The van der Waals surface area contributed by atoms with Gasteiger partial charge in [-0.15, -0.1) is 0 Å². The van der Waals surface area contributed by atoms with Crippen LogP contribution in [0.25, 0.3) is 10.4 Å². The van der Waals surface area contributed by atoms with E-state index in [1.54, 1.807) is 0 Å². The maximum Gasteiger partial charge on any atom is 0.472 e. The van der Waals surface area contributed by atoms with Crippen molar-refractivity contribution >= 4 is 13.6 Å². The van der Waals surface area contributed by atoms with Crippen LogP contribution in [-0.2, 0) is 13.9 Å². The smallest absolute Gasteiger partial charge is 0.394 e. The molecule has 0 fully saturated rings. The van der Waals surface area contributed by atoms with Gasteiger partial charge in [0.05, 0.1) is 12.7 Å². The van der Waals surface area contributed by atoms with Crippen LogP contribution in [0.4, 0.5) is 0 Å². The standard InChI is InChI=1S/C6H12N3O9P/c7-9-8-3(4(12)2(11)1-10)5(13)6(14)18-19(15,16)17/h2-4,6,10-12,14H,1H2,(H2,15,16,17)/t2-,3+,4-,6?/m1/s1. The second-order valence-electron chi connectivity index (χ2n) is 3.24. The first-order valence-corrected chi connectivity index (χ1v) is 6.14. The molecule has 19 heavy (non-hydrogen) atoms. The van der Waals surface area contributed by atoms with Gasteiger partial charge in [-0.25, -0.2) is 9.09 Å². The number of nitrogens with zero attached hydrogens (tertiary/aromatic N) is 3. The van der Waals surface area contributed by atoms with E-state index in [0.29, 0.717) is 0 Å². The van der Waals surface area contributed by atoms with Crippen molar-refractivity contribution in [2.45, 2.75) is 24.5 Å². The Morgan fingerprint density at radius 3 is 2.26 bits per heavy atom. The average Bonchev–Trinajstić information content (AvgIpc) is 2.31. The minimum atomic E-state index is -5.19. The van der Waals surface area contributed by atoms with Gasteiger partial charge in [0, 0.05) is 4.91 Å². The van der Waals surface area contributed by atoms with Crippen molar-refractivity contribution in [3.05, 3.63) is 10.4 Å². The molecule has 13 heteroatoms. The molecule has 0 aromatic rings. The molecule has 0 aliphatic carbocycles. The maximum absolute atomic E-state index is 11.4. The Hall–Kier alpha value is -1.07. The molecule has 0 radical (unpaired) electrons. The lowest BCUT2D eigenvalue weighted by atomic mass is 10.0. The minimum absolute atomic E-state index is 0.985. The molecule has 0 bridgehead atoms. The van der Waals surface area contributed by atoms with Gasteiger partial charge in [-0.05, 0) is 5.53 Å². The van der Waals surface area contributed by atoms with E-state index < -0.39 is 44.8 Å². The second-order valence-corrected chi connectivity index (χ2v) is 4.43. The lowest BCUT2D eigenvalue weighted by Crippen LogP contribution is -2.46. The number of azide groups is 1. The van der Waals surface area contributed by atoms with Gasteiger partial charge in [-0.2, -0.15) is 0 Å². The number of ketones is 1. The molecule has 0 aliphatic rings. The van der Waals surface area contributed by atoms with Crippen molar-refractivity contribution < 1.29 is 44.1 Å². The van der Waals surface area contributed by atoms with Gasteiger partial charge in [-0.3, -0.25) is 4.79 Å². The highest BCUT2D eigenvalue weighted by atomic mass is 31.2. The van der Waals surface area contributed by atoms with Crippen molar-refractivity contribution in [3.63, 3.8) is 0 Å². The van der Waals surface area contributed by atoms with Crippen molar-refractivity contribution in [2.24, 2.45) is 5.11 Å². The lowest BCUT2D eigenvalue weighted by molar-refractivity contribution is -0.149. The van der Waals surface area contributed by atoms with Crippen LogP contribution in [0.2, 0.25) is 0 Å². The predicted molar refractivity (Wildman–Crippen MR) is 56.2 cm³/mol. The number of aliphatic hydroxyl groups is 4. The summed E-state index contributed by atoms with van der Waals surface area (Å²) in [6.07, 6.45) is -6.65. The van der Waals surface area contributed by atoms with E-state index >= 15 is 0 Å². The lowest BCUT2D eigenvalue weighted by Gasteiger charge is -2.22. The Morgan fingerprint density at radius 2 is 1.89 bits per heavy atom. The molecule has 0 aromatic carbocycles. The van der Waals surface area contributed by atoms with E-state index in [1.807, 2.05) is 0 Å². The number of rotatable bonds is 8. The number of hydrogen-bond acceptors (Lipinski definition) is 8. The Labute approximate surface area is 105 Å². The fraction of sp³-hybridized carbons (Fsp3) is 0.833. The summed E-state index contributed by atoms with van der Waals surface area (Å²) in [6, 6.07) is -2.10. The molecule has 0 heterocycles. The van der Waals surface area contributed by atoms with Gasteiger partial charge in [0.1, 0.15) is 12.1 Å². The minimum Gasteiger partial charge on any atom is -0.394 e. The van der Waals surface area contributed by atoms with Crippen LogP contribution >= 0.6 is 7.82 Å². The van der Waals surface area contributed by atoms with E-state index in [4.69, 9.17) is 30.6 Å². The summed E-state index contributed by atoms with van der Waals surface area (Å²) >= 11 is 0. The van der Waals surface area contributed by atoms with Crippen LogP contribution in [0, 0.1) is 0 Å². The molecule has 6 N–H and O–H groups in total. The largest absolute Gasteiger partial charge is 0.472 e. The van der Waals surface area contributed by atoms with Crippen molar-refractivity contribution in [1.29, 1.82) is 0 Å². The molecule has 1 unspecified atom stereocenters. The highest BCUT2D eigenvalue weighted by Gasteiger charge is 2.37. The summed E-state index contributed by atoms with van der Waals surface area (Å²) in [5, 5.41) is 38.8. The average molecular weight is 301 g/mol. The van der Waals surface area contributed by atoms with E-state index in [2.05, 4.69) is 14.5 Å². The fourth-order valence-electron chi connectivity index (χ4n) is 0.996. The van der Waals surface area contributed by atoms with Crippen molar-refractivity contribution in [2.75, 3.05) is 6.61 Å². The third kappa shape index (κ3) is 6.07. The molecule has 12 nitrogen and oxygen atoms in total. The van der Waals surface area contributed by atoms with Crippen molar-refractivity contribution in [3.8, 4) is 0 Å². The molecule has 0 rings (SSSR count). The Morgan fingerprint density at radius 1 is 1.37 bits per heavy atom. The number of hydrogen-bond donors (Lipinski definition) is 6. The van der Waals surface area contributed by atoms with E-state index in [0.717, 1.165) is 0 Å². The molecular weight excluding hydrogens is 289 g/mol. The third-order valence-corrected chi connectivity index (χ3v) is 2.33. The maximum atomic E-state index is 11.4. The summed E-state index contributed by atoms with van der Waals surface area (Å²) in [6.45, 7) is -0.985. The molecule has 0 spiro atoms. The van der Waals surface area contributed by atoms with Crippen LogP contribution in [0.5, 0.6) is 0 Å². The summed E-state index contributed by atoms with van der Waals surface area (Å²) in [5.41, 5.74) is 8.18. The summed E-state index contributed by atoms with van der Waals surface area (Å²) in [4.78, 5) is 30.3. The summed E-state index contributed by atoms with van der Waals surface area (Å²) in [7, 11) is -5.19. The number of carbonyl (C=O) groups is 1. The Kier molecular flexibility index (Phi) is 7.08. The van der Waals surface area contributed by atoms with E-state index in [1.165, 1.54) is 0 Å². The van der Waals surface area contributed by atoms with E-state index in [-0.39, 0.29) is 0 Å². The molecule has 0 amide bonds. The molecule has 4 atom stereocenters. The monoisotopic (exact) mass is 301 g/mol. The first-order valence-electron chi connectivity index (χ1n) is 4.61. The fourth-order valence-corrected chi connectivity index (χ4v) is 1.36. The first kappa shape index (κ1) is 17.9. The number of phosphoric ester groups is 1. The first-order chi connectivity index (χ1) is 8.64. The second kappa shape index (κ2) is 7.50. The number of carbonyl (C=O) groups excluding carboxylic acids is 1. The molecule has 0 aliphatic heterocycles. The topological polar surface area (TPSA) is 214 Å². The zero-order chi connectivity index (χ0) is 15.2.